The van der Waals surface area contributed by atoms with Crippen LogP contribution >= 0.6 is 0 Å². The third kappa shape index (κ3) is 2.58. The molecule has 0 bridgehead atoms. The topological polar surface area (TPSA) is 52.4 Å². The van der Waals surface area contributed by atoms with Gasteiger partial charge in [0.2, 0.25) is 0 Å². The van der Waals surface area contributed by atoms with Gasteiger partial charge in [-0.1, -0.05) is 18.7 Å². The number of para-hydroxylation sites is 2. The number of benzene rings is 1. The Hall–Kier alpha value is -1.84. The van der Waals surface area contributed by atoms with Crippen molar-refractivity contribution in [2.24, 2.45) is 0 Å². The Morgan fingerprint density at radius 1 is 1.57 bits per heavy atom. The van der Waals surface area contributed by atoms with Gasteiger partial charge in [-0.05, 0) is 18.6 Å². The minimum atomic E-state index is -0.465. The average molecular weight is 193 g/mol. The molecule has 0 aliphatic carbocycles. The summed E-state index contributed by atoms with van der Waals surface area (Å²) in [5.74, 6) is 0.278. The van der Waals surface area contributed by atoms with Gasteiger partial charge in [0.1, 0.15) is 6.61 Å². The van der Waals surface area contributed by atoms with E-state index in [2.05, 4.69) is 6.58 Å². The average Bonchev–Trinajstić information content (AvgIpc) is 2.15. The molecule has 0 atom stereocenters. The quantitative estimate of drug-likeness (QED) is 0.419. The summed E-state index contributed by atoms with van der Waals surface area (Å²) in [6, 6.07) is 6.28. The summed E-state index contributed by atoms with van der Waals surface area (Å²) in [6.07, 6.45) is 0. The number of hydrogen-bond acceptors (Lipinski definition) is 3. The molecule has 0 aromatic heterocycles. The maximum Gasteiger partial charge on any atom is 0.310 e. The maximum atomic E-state index is 10.6. The third-order valence-corrected chi connectivity index (χ3v) is 1.54. The van der Waals surface area contributed by atoms with Crippen molar-refractivity contribution in [2.45, 2.75) is 6.92 Å². The van der Waals surface area contributed by atoms with Crippen LogP contribution in [-0.4, -0.2) is 11.5 Å². The van der Waals surface area contributed by atoms with Crippen molar-refractivity contribution >= 4 is 5.69 Å². The first kappa shape index (κ1) is 10.2. The summed E-state index contributed by atoms with van der Waals surface area (Å²) < 4.78 is 5.22. The minimum absolute atomic E-state index is 0.0197. The molecule has 14 heavy (non-hydrogen) atoms. The lowest BCUT2D eigenvalue weighted by molar-refractivity contribution is -0.385. The van der Waals surface area contributed by atoms with Crippen LogP contribution in [0.4, 0.5) is 5.69 Å². The first-order valence-corrected chi connectivity index (χ1v) is 4.12. The molecule has 0 radical (unpaired) electrons. The summed E-state index contributed by atoms with van der Waals surface area (Å²) in [4.78, 5) is 10.1. The van der Waals surface area contributed by atoms with E-state index in [9.17, 15) is 10.1 Å². The molecule has 4 nitrogen and oxygen atoms in total. The van der Waals surface area contributed by atoms with Crippen LogP contribution in [0, 0.1) is 10.1 Å². The predicted octanol–water partition coefficient (Wildman–Crippen LogP) is 2.55. The van der Waals surface area contributed by atoms with E-state index in [4.69, 9.17) is 4.74 Å². The standard InChI is InChI=1S/C10H11NO3/c1-8(2)7-14-10-6-4-3-5-9(10)11(12)13/h3-6H,1,7H2,2H3. The van der Waals surface area contributed by atoms with Gasteiger partial charge in [-0.25, -0.2) is 0 Å². The molecule has 0 unspecified atom stereocenters. The molecule has 1 rings (SSSR count). The molecule has 1 aromatic rings. The largest absolute Gasteiger partial charge is 0.482 e. The van der Waals surface area contributed by atoms with Crippen LogP contribution in [0.15, 0.2) is 36.4 Å². The molecule has 0 aliphatic rings. The summed E-state index contributed by atoms with van der Waals surface area (Å²) in [5, 5.41) is 10.6. The van der Waals surface area contributed by atoms with E-state index in [1.54, 1.807) is 25.1 Å². The zero-order valence-electron chi connectivity index (χ0n) is 7.90. The van der Waals surface area contributed by atoms with Crippen LogP contribution in [0.25, 0.3) is 0 Å². The molecule has 0 saturated carbocycles. The second-order valence-electron chi connectivity index (χ2n) is 2.97. The SMILES string of the molecule is C=C(C)COc1ccccc1[N+](=O)[O-]. The molecule has 0 saturated heterocycles. The van der Waals surface area contributed by atoms with Crippen molar-refractivity contribution in [1.82, 2.24) is 0 Å². The number of nitro groups is 1. The van der Waals surface area contributed by atoms with Crippen LogP contribution in [0.1, 0.15) is 6.92 Å². The van der Waals surface area contributed by atoms with Crippen molar-refractivity contribution in [2.75, 3.05) is 6.61 Å². The number of ether oxygens (including phenoxy) is 1. The van der Waals surface area contributed by atoms with E-state index in [1.165, 1.54) is 6.07 Å². The highest BCUT2D eigenvalue weighted by Gasteiger charge is 2.12. The molecule has 74 valence electrons. The normalized spacial score (nSPS) is 9.50. The maximum absolute atomic E-state index is 10.6. The Bertz CT molecular complexity index is 360. The van der Waals surface area contributed by atoms with Gasteiger partial charge < -0.3 is 4.74 Å². The third-order valence-electron chi connectivity index (χ3n) is 1.54. The van der Waals surface area contributed by atoms with E-state index < -0.39 is 4.92 Å². The summed E-state index contributed by atoms with van der Waals surface area (Å²) >= 11 is 0. The Labute approximate surface area is 82.0 Å². The second kappa shape index (κ2) is 4.41. The summed E-state index contributed by atoms with van der Waals surface area (Å²) in [6.45, 7) is 5.75. The Kier molecular flexibility index (Phi) is 3.23. The molecular weight excluding hydrogens is 182 g/mol. The molecule has 0 aliphatic heterocycles. The molecule has 0 N–H and O–H groups in total. The second-order valence-corrected chi connectivity index (χ2v) is 2.97. The van der Waals surface area contributed by atoms with E-state index in [1.807, 2.05) is 0 Å². The van der Waals surface area contributed by atoms with Gasteiger partial charge in [-0.2, -0.15) is 0 Å². The Morgan fingerprint density at radius 3 is 2.79 bits per heavy atom. The fourth-order valence-corrected chi connectivity index (χ4v) is 0.931. The van der Waals surface area contributed by atoms with Crippen LogP contribution in [-0.2, 0) is 0 Å². The zero-order chi connectivity index (χ0) is 10.6. The molecule has 0 heterocycles. The number of nitrogens with zero attached hydrogens (tertiary/aromatic N) is 1. The summed E-state index contributed by atoms with van der Waals surface area (Å²) in [7, 11) is 0. The Balaban J connectivity index is 2.84. The molecular formula is C10H11NO3. The monoisotopic (exact) mass is 193 g/mol. The highest BCUT2D eigenvalue weighted by molar-refractivity contribution is 5.45. The highest BCUT2D eigenvalue weighted by Crippen LogP contribution is 2.25. The van der Waals surface area contributed by atoms with E-state index >= 15 is 0 Å². The lowest BCUT2D eigenvalue weighted by Crippen LogP contribution is -2.00. The molecule has 0 fully saturated rings. The van der Waals surface area contributed by atoms with E-state index in [-0.39, 0.29) is 11.4 Å². The van der Waals surface area contributed by atoms with Crippen molar-refractivity contribution in [3.05, 3.63) is 46.5 Å². The van der Waals surface area contributed by atoms with Gasteiger partial charge in [-0.3, -0.25) is 10.1 Å². The van der Waals surface area contributed by atoms with Crippen LogP contribution in [0.5, 0.6) is 5.75 Å². The molecule has 1 aromatic carbocycles. The first-order valence-electron chi connectivity index (χ1n) is 4.12. The summed E-state index contributed by atoms with van der Waals surface area (Å²) in [5.41, 5.74) is 0.803. The van der Waals surface area contributed by atoms with Gasteiger partial charge in [0.05, 0.1) is 4.92 Å². The van der Waals surface area contributed by atoms with E-state index in [0.29, 0.717) is 6.61 Å². The Morgan fingerprint density at radius 2 is 2.21 bits per heavy atom. The van der Waals surface area contributed by atoms with Crippen molar-refractivity contribution < 1.29 is 9.66 Å². The van der Waals surface area contributed by atoms with Crippen molar-refractivity contribution in [3.8, 4) is 5.75 Å². The van der Waals surface area contributed by atoms with Crippen molar-refractivity contribution in [1.29, 1.82) is 0 Å². The lowest BCUT2D eigenvalue weighted by atomic mass is 10.3. The van der Waals surface area contributed by atoms with Crippen molar-refractivity contribution in [3.63, 3.8) is 0 Å². The highest BCUT2D eigenvalue weighted by atomic mass is 16.6. The van der Waals surface area contributed by atoms with Gasteiger partial charge in [-0.15, -0.1) is 0 Å². The van der Waals surface area contributed by atoms with Gasteiger partial charge in [0.15, 0.2) is 5.75 Å². The van der Waals surface area contributed by atoms with Gasteiger partial charge >= 0.3 is 5.69 Å². The molecule has 0 amide bonds. The molecule has 4 heteroatoms. The number of hydrogen-bond donors (Lipinski definition) is 0. The van der Waals surface area contributed by atoms with Gasteiger partial charge in [0.25, 0.3) is 0 Å². The van der Waals surface area contributed by atoms with Crippen LogP contribution < -0.4 is 4.74 Å². The predicted molar refractivity (Wildman–Crippen MR) is 53.4 cm³/mol. The smallest absolute Gasteiger partial charge is 0.310 e. The lowest BCUT2D eigenvalue weighted by Gasteiger charge is -2.05. The fourth-order valence-electron chi connectivity index (χ4n) is 0.931. The van der Waals surface area contributed by atoms with Crippen LogP contribution in [0.2, 0.25) is 0 Å². The van der Waals surface area contributed by atoms with Crippen LogP contribution in [0.3, 0.4) is 0 Å². The van der Waals surface area contributed by atoms with Gasteiger partial charge in [0, 0.05) is 6.07 Å². The number of nitro benzene ring substituents is 1. The zero-order valence-corrected chi connectivity index (χ0v) is 7.90. The minimum Gasteiger partial charge on any atom is -0.482 e. The number of rotatable bonds is 4. The van der Waals surface area contributed by atoms with E-state index in [0.717, 1.165) is 5.57 Å². The molecule has 0 spiro atoms. The fraction of sp³-hybridized carbons (Fsp3) is 0.200. The first-order chi connectivity index (χ1) is 6.61.